The van der Waals surface area contributed by atoms with Gasteiger partial charge in [0, 0.05) is 37.9 Å². The topological polar surface area (TPSA) is 84.3 Å². The molecule has 0 radical (unpaired) electrons. The van der Waals surface area contributed by atoms with E-state index in [0.29, 0.717) is 37.9 Å². The molecule has 25 heavy (non-hydrogen) atoms. The number of nitrogens with zero attached hydrogens (tertiary/aromatic N) is 6. The fourth-order valence-corrected chi connectivity index (χ4v) is 3.56. The Morgan fingerprint density at radius 3 is 2.76 bits per heavy atom. The number of hydrogen-bond donors (Lipinski definition) is 0. The van der Waals surface area contributed by atoms with Gasteiger partial charge in [0.2, 0.25) is 5.95 Å². The third-order valence-corrected chi connectivity index (χ3v) is 4.69. The van der Waals surface area contributed by atoms with Crippen molar-refractivity contribution < 1.29 is 9.53 Å². The average molecular weight is 340 g/mol. The second-order valence-electron chi connectivity index (χ2n) is 6.42. The van der Waals surface area contributed by atoms with Gasteiger partial charge in [-0.2, -0.15) is 0 Å². The molecule has 4 heterocycles. The van der Waals surface area contributed by atoms with Gasteiger partial charge in [-0.25, -0.2) is 15.0 Å². The van der Waals surface area contributed by atoms with E-state index in [1.54, 1.807) is 24.8 Å². The van der Waals surface area contributed by atoms with E-state index in [4.69, 9.17) is 4.74 Å². The quantitative estimate of drug-likeness (QED) is 0.798. The number of rotatable bonds is 2. The summed E-state index contributed by atoms with van der Waals surface area (Å²) >= 11 is 0. The number of ether oxygens (including phenoxy) is 1. The SMILES string of the molecule is O=C(c1cnccn1)N1CCO[C@@]2(CCCN(c3ncccn3)C2)C1. The van der Waals surface area contributed by atoms with Crippen LogP contribution in [0.4, 0.5) is 5.95 Å². The molecule has 2 fully saturated rings. The molecule has 1 amide bonds. The monoisotopic (exact) mass is 340 g/mol. The van der Waals surface area contributed by atoms with Gasteiger partial charge in [-0.15, -0.1) is 0 Å². The number of hydrogen-bond acceptors (Lipinski definition) is 7. The molecule has 2 aliphatic rings. The molecular formula is C17H20N6O2. The van der Waals surface area contributed by atoms with Crippen LogP contribution in [0.3, 0.4) is 0 Å². The summed E-state index contributed by atoms with van der Waals surface area (Å²) in [4.78, 5) is 33.5. The van der Waals surface area contributed by atoms with Crippen LogP contribution >= 0.6 is 0 Å². The van der Waals surface area contributed by atoms with E-state index < -0.39 is 0 Å². The maximum absolute atomic E-state index is 12.7. The predicted molar refractivity (Wildman–Crippen MR) is 90.1 cm³/mol. The fourth-order valence-electron chi connectivity index (χ4n) is 3.56. The molecule has 4 rings (SSSR count). The molecule has 0 unspecified atom stereocenters. The van der Waals surface area contributed by atoms with Crippen LogP contribution in [0.15, 0.2) is 37.1 Å². The highest BCUT2D eigenvalue weighted by Gasteiger charge is 2.42. The van der Waals surface area contributed by atoms with Crippen LogP contribution in [-0.2, 0) is 4.74 Å². The zero-order valence-electron chi connectivity index (χ0n) is 13.9. The van der Waals surface area contributed by atoms with Crippen molar-refractivity contribution in [3.63, 3.8) is 0 Å². The molecule has 1 atom stereocenters. The molecule has 2 aliphatic heterocycles. The van der Waals surface area contributed by atoms with E-state index in [-0.39, 0.29) is 11.5 Å². The predicted octanol–water partition coefficient (Wildman–Crippen LogP) is 0.778. The summed E-state index contributed by atoms with van der Waals surface area (Å²) in [6.07, 6.45) is 10.0. The number of morpholine rings is 1. The minimum absolute atomic E-state index is 0.0936. The standard InChI is InChI=1S/C17H20N6O2/c24-15(14-11-18-6-7-19-14)22-9-10-25-17(12-22)3-1-8-23(13-17)16-20-4-2-5-21-16/h2,4-7,11H,1,3,8-10,12-13H2/t17-/m0/s1. The lowest BCUT2D eigenvalue weighted by atomic mass is 9.90. The van der Waals surface area contributed by atoms with E-state index in [1.807, 2.05) is 11.0 Å². The highest BCUT2D eigenvalue weighted by Crippen LogP contribution is 2.30. The van der Waals surface area contributed by atoms with Crippen molar-refractivity contribution >= 4 is 11.9 Å². The molecule has 2 aromatic heterocycles. The van der Waals surface area contributed by atoms with E-state index in [2.05, 4.69) is 24.8 Å². The smallest absolute Gasteiger partial charge is 0.274 e. The maximum Gasteiger partial charge on any atom is 0.274 e. The summed E-state index contributed by atoms with van der Waals surface area (Å²) in [6.45, 7) is 3.22. The first-order valence-corrected chi connectivity index (χ1v) is 8.47. The van der Waals surface area contributed by atoms with Gasteiger partial charge in [0.05, 0.1) is 25.9 Å². The maximum atomic E-state index is 12.7. The second kappa shape index (κ2) is 6.72. The number of aromatic nitrogens is 4. The minimum atomic E-state index is -0.381. The van der Waals surface area contributed by atoms with Gasteiger partial charge < -0.3 is 14.5 Å². The first-order chi connectivity index (χ1) is 12.3. The fraction of sp³-hybridized carbons (Fsp3) is 0.471. The zero-order chi connectivity index (χ0) is 17.1. The van der Waals surface area contributed by atoms with Gasteiger partial charge in [-0.3, -0.25) is 9.78 Å². The van der Waals surface area contributed by atoms with E-state index >= 15 is 0 Å². The molecule has 0 aliphatic carbocycles. The number of piperidine rings is 1. The van der Waals surface area contributed by atoms with Gasteiger partial charge in [0.15, 0.2) is 0 Å². The summed E-state index contributed by atoms with van der Waals surface area (Å²) in [6, 6.07) is 1.81. The lowest BCUT2D eigenvalue weighted by Gasteiger charge is -2.47. The molecule has 0 saturated carbocycles. The molecule has 8 heteroatoms. The summed E-state index contributed by atoms with van der Waals surface area (Å²) in [5.74, 6) is 0.617. The lowest BCUT2D eigenvalue weighted by Crippen LogP contribution is -2.61. The third-order valence-electron chi connectivity index (χ3n) is 4.69. The Bertz CT molecular complexity index is 724. The Morgan fingerprint density at radius 2 is 1.96 bits per heavy atom. The molecule has 2 saturated heterocycles. The van der Waals surface area contributed by atoms with Crippen molar-refractivity contribution in [2.75, 3.05) is 37.7 Å². The van der Waals surface area contributed by atoms with Crippen molar-refractivity contribution in [3.8, 4) is 0 Å². The first-order valence-electron chi connectivity index (χ1n) is 8.47. The molecule has 0 aromatic carbocycles. The summed E-state index contributed by atoms with van der Waals surface area (Å²) in [5, 5.41) is 0. The first kappa shape index (κ1) is 15.9. The Kier molecular flexibility index (Phi) is 4.27. The Hall–Kier alpha value is -2.61. The van der Waals surface area contributed by atoms with Crippen molar-refractivity contribution in [2.24, 2.45) is 0 Å². The number of amides is 1. The Morgan fingerprint density at radius 1 is 1.08 bits per heavy atom. The minimum Gasteiger partial charge on any atom is -0.369 e. The molecule has 8 nitrogen and oxygen atoms in total. The highest BCUT2D eigenvalue weighted by molar-refractivity contribution is 5.92. The molecule has 0 bridgehead atoms. The van der Waals surface area contributed by atoms with E-state index in [1.165, 1.54) is 6.20 Å². The largest absolute Gasteiger partial charge is 0.369 e. The number of anilines is 1. The second-order valence-corrected chi connectivity index (χ2v) is 6.42. The summed E-state index contributed by atoms with van der Waals surface area (Å²) in [7, 11) is 0. The van der Waals surface area contributed by atoms with Crippen molar-refractivity contribution in [1.29, 1.82) is 0 Å². The molecule has 1 spiro atoms. The van der Waals surface area contributed by atoms with Crippen LogP contribution in [0, 0.1) is 0 Å². The third kappa shape index (κ3) is 3.30. The van der Waals surface area contributed by atoms with Crippen LogP contribution in [0.25, 0.3) is 0 Å². The summed E-state index contributed by atoms with van der Waals surface area (Å²) in [5.41, 5.74) is -0.00767. The van der Waals surface area contributed by atoms with E-state index in [0.717, 1.165) is 19.4 Å². The van der Waals surface area contributed by atoms with Crippen LogP contribution in [0.5, 0.6) is 0 Å². The molecule has 2 aromatic rings. The molecule has 130 valence electrons. The number of carbonyl (C=O) groups excluding carboxylic acids is 1. The normalized spacial score (nSPS) is 23.7. The van der Waals surface area contributed by atoms with Crippen LogP contribution < -0.4 is 4.90 Å². The van der Waals surface area contributed by atoms with E-state index in [9.17, 15) is 4.79 Å². The van der Waals surface area contributed by atoms with Gasteiger partial charge >= 0.3 is 0 Å². The lowest BCUT2D eigenvalue weighted by molar-refractivity contribution is -0.105. The van der Waals surface area contributed by atoms with Gasteiger partial charge in [-0.1, -0.05) is 0 Å². The zero-order valence-corrected chi connectivity index (χ0v) is 13.9. The summed E-state index contributed by atoms with van der Waals surface area (Å²) < 4.78 is 6.15. The highest BCUT2D eigenvalue weighted by atomic mass is 16.5. The van der Waals surface area contributed by atoms with Crippen LogP contribution in [-0.4, -0.2) is 69.1 Å². The van der Waals surface area contributed by atoms with Gasteiger partial charge in [0.25, 0.3) is 5.91 Å². The number of carbonyl (C=O) groups is 1. The van der Waals surface area contributed by atoms with Gasteiger partial charge in [0.1, 0.15) is 11.3 Å². The van der Waals surface area contributed by atoms with Gasteiger partial charge in [-0.05, 0) is 18.9 Å². The van der Waals surface area contributed by atoms with Crippen LogP contribution in [0.1, 0.15) is 23.3 Å². The van der Waals surface area contributed by atoms with Crippen LogP contribution in [0.2, 0.25) is 0 Å². The van der Waals surface area contributed by atoms with Crippen molar-refractivity contribution in [2.45, 2.75) is 18.4 Å². The average Bonchev–Trinajstić information content (AvgIpc) is 2.69. The Balaban J connectivity index is 1.51. The Labute approximate surface area is 145 Å². The molecule has 0 N–H and O–H groups in total. The van der Waals surface area contributed by atoms with Crippen molar-refractivity contribution in [1.82, 2.24) is 24.8 Å². The molecular weight excluding hydrogens is 320 g/mol. The van der Waals surface area contributed by atoms with Crippen molar-refractivity contribution in [3.05, 3.63) is 42.7 Å².